The van der Waals surface area contributed by atoms with Gasteiger partial charge in [-0.25, -0.2) is 0 Å². The summed E-state index contributed by atoms with van der Waals surface area (Å²) in [6.45, 7) is 19.6. The van der Waals surface area contributed by atoms with Crippen molar-refractivity contribution in [3.63, 3.8) is 0 Å². The first-order valence-electron chi connectivity index (χ1n) is 18.5. The first kappa shape index (κ1) is 36.0. The van der Waals surface area contributed by atoms with Gasteiger partial charge in [-0.3, -0.25) is 4.98 Å². The zero-order valence-corrected chi connectivity index (χ0v) is 34.9. The number of nitrogens with zero attached hydrogens (tertiary/aromatic N) is 3. The van der Waals surface area contributed by atoms with Crippen LogP contribution in [0.2, 0.25) is 19.6 Å². The maximum atomic E-state index is 8.44. The van der Waals surface area contributed by atoms with Crippen LogP contribution in [0.5, 0.6) is 0 Å². The smallest absolute Gasteiger partial charge is 0.121 e. The molecule has 0 fully saturated rings. The Labute approximate surface area is 324 Å². The standard InChI is InChI=1S/C29H25N2O.C17H22NSi.Ir/c1-17(2)20-12-14-22-23-10-7-11-24(28(23)32-26(22)16-20)29-30-27-21-9-6-5-8-19(21)13-15-25(27)31(29)18(3)4;1-13(2)15-11-16(14-9-7-6-8-10-14)18-12-17(15)19(3,4)5;/h5-10,12-18H,1-4H3;6-9,11-13H,1-5H3;/q2*-1;/i;13D;. The van der Waals surface area contributed by atoms with Gasteiger partial charge in [0.25, 0.3) is 0 Å². The molecule has 0 aliphatic carbocycles. The molecule has 8 aromatic rings. The summed E-state index contributed by atoms with van der Waals surface area (Å²) in [5.74, 6) is 0.749. The monoisotopic (exact) mass is 879 g/mol. The summed E-state index contributed by atoms with van der Waals surface area (Å²) in [5.41, 5.74) is 9.12. The van der Waals surface area contributed by atoms with Gasteiger partial charge < -0.3 is 14.0 Å². The molecule has 0 saturated heterocycles. The van der Waals surface area contributed by atoms with E-state index in [4.69, 9.17) is 10.8 Å². The SMILES string of the molecule is CC(C)c1ccc2c(c1)oc1c(-c3nc4c5ccccc5ccc4n3C(C)C)[c-]ccc12.[2H]C(C)(C)c1cc(-c2[c-]cccc2)ncc1[Si](C)(C)C.[Ir]. The van der Waals surface area contributed by atoms with Crippen molar-refractivity contribution in [2.45, 2.75) is 79.0 Å². The fourth-order valence-corrected chi connectivity index (χ4v) is 8.56. The maximum absolute atomic E-state index is 8.44. The number of fused-ring (bicyclic) bond motifs is 6. The predicted molar refractivity (Wildman–Crippen MR) is 219 cm³/mol. The number of pyridine rings is 1. The Morgan fingerprint density at radius 1 is 0.788 bits per heavy atom. The molecule has 0 spiro atoms. The zero-order valence-electron chi connectivity index (χ0n) is 32.6. The molecule has 0 saturated carbocycles. The number of furan rings is 1. The Bertz CT molecular complexity index is 2560. The van der Waals surface area contributed by atoms with E-state index in [-0.39, 0.29) is 26.1 Å². The Morgan fingerprint density at radius 2 is 1.56 bits per heavy atom. The van der Waals surface area contributed by atoms with Gasteiger partial charge in [0.2, 0.25) is 0 Å². The van der Waals surface area contributed by atoms with Crippen LogP contribution in [0.25, 0.3) is 66.4 Å². The van der Waals surface area contributed by atoms with Gasteiger partial charge in [-0.15, -0.1) is 54.1 Å². The molecule has 0 unspecified atom stereocenters. The Balaban J connectivity index is 0.000000199. The van der Waals surface area contributed by atoms with Crippen LogP contribution in [0.1, 0.15) is 71.9 Å². The molecule has 8 rings (SSSR count). The molecule has 0 N–H and O–H groups in total. The van der Waals surface area contributed by atoms with Gasteiger partial charge >= 0.3 is 0 Å². The van der Waals surface area contributed by atoms with E-state index >= 15 is 0 Å². The van der Waals surface area contributed by atoms with Crippen LogP contribution in [0.3, 0.4) is 0 Å². The van der Waals surface area contributed by atoms with Gasteiger partial charge in [0.05, 0.1) is 30.5 Å². The molecule has 0 aliphatic rings. The first-order valence-corrected chi connectivity index (χ1v) is 21.5. The minimum atomic E-state index is -1.50. The summed E-state index contributed by atoms with van der Waals surface area (Å²) in [7, 11) is -1.50. The molecule has 267 valence electrons. The molecule has 0 aliphatic heterocycles. The Hall–Kier alpha value is -4.35. The van der Waals surface area contributed by atoms with Crippen LogP contribution in [0.4, 0.5) is 0 Å². The number of hydrogen-bond acceptors (Lipinski definition) is 3. The molecular weight excluding hydrogens is 831 g/mol. The minimum absolute atomic E-state index is 0. The van der Waals surface area contributed by atoms with Crippen LogP contribution in [-0.4, -0.2) is 22.6 Å². The minimum Gasteiger partial charge on any atom is -0.501 e. The molecule has 3 aromatic heterocycles. The van der Waals surface area contributed by atoms with E-state index in [2.05, 4.69) is 136 Å². The topological polar surface area (TPSA) is 43.9 Å². The largest absolute Gasteiger partial charge is 0.501 e. The fraction of sp³-hybridized carbons (Fsp3) is 0.261. The zero-order chi connectivity index (χ0) is 36.9. The quantitative estimate of drug-likeness (QED) is 0.123. The van der Waals surface area contributed by atoms with Crippen LogP contribution < -0.4 is 5.19 Å². The van der Waals surface area contributed by atoms with E-state index in [0.29, 0.717) is 5.92 Å². The molecular formula is C46H47IrN3OSi-2. The average Bonchev–Trinajstić information content (AvgIpc) is 3.70. The van der Waals surface area contributed by atoms with Crippen molar-refractivity contribution in [3.05, 3.63) is 127 Å². The van der Waals surface area contributed by atoms with E-state index in [1.54, 1.807) is 0 Å². The molecule has 0 bridgehead atoms. The van der Waals surface area contributed by atoms with E-state index in [9.17, 15) is 0 Å². The van der Waals surface area contributed by atoms with Crippen molar-refractivity contribution in [2.75, 3.05) is 0 Å². The molecule has 3 heterocycles. The normalized spacial score (nSPS) is 12.4. The van der Waals surface area contributed by atoms with Crippen molar-refractivity contribution < 1.29 is 25.9 Å². The van der Waals surface area contributed by atoms with Gasteiger partial charge in [0.15, 0.2) is 0 Å². The fourth-order valence-electron chi connectivity index (χ4n) is 6.98. The number of hydrogen-bond donors (Lipinski definition) is 0. The molecule has 0 amide bonds. The third-order valence-corrected chi connectivity index (χ3v) is 11.7. The summed E-state index contributed by atoms with van der Waals surface area (Å²) in [5, 5.41) is 5.89. The number of aromatic nitrogens is 3. The Kier molecular flexibility index (Phi) is 10.4. The van der Waals surface area contributed by atoms with Crippen molar-refractivity contribution in [3.8, 4) is 22.6 Å². The maximum Gasteiger partial charge on any atom is 0.121 e. The second-order valence-electron chi connectivity index (χ2n) is 15.3. The summed E-state index contributed by atoms with van der Waals surface area (Å²) < 4.78 is 17.2. The third kappa shape index (κ3) is 7.04. The average molecular weight is 879 g/mol. The van der Waals surface area contributed by atoms with Gasteiger partial charge in [-0.05, 0) is 59.6 Å². The number of imidazole rings is 1. The predicted octanol–water partition coefficient (Wildman–Crippen LogP) is 12.5. The molecule has 0 atom stereocenters. The second-order valence-corrected chi connectivity index (χ2v) is 20.3. The van der Waals surface area contributed by atoms with Gasteiger partial charge in [0.1, 0.15) is 5.58 Å². The number of rotatable bonds is 6. The van der Waals surface area contributed by atoms with Crippen molar-refractivity contribution in [2.24, 2.45) is 0 Å². The summed E-state index contributed by atoms with van der Waals surface area (Å²) in [6.07, 6.45) is 1.98. The molecule has 52 heavy (non-hydrogen) atoms. The van der Waals surface area contributed by atoms with Crippen molar-refractivity contribution in [1.29, 1.82) is 0 Å². The van der Waals surface area contributed by atoms with Crippen molar-refractivity contribution in [1.82, 2.24) is 14.5 Å². The Morgan fingerprint density at radius 3 is 2.25 bits per heavy atom. The van der Waals surface area contributed by atoms with Crippen LogP contribution >= 0.6 is 0 Å². The third-order valence-electron chi connectivity index (χ3n) is 9.68. The van der Waals surface area contributed by atoms with Gasteiger partial charge in [0, 0.05) is 44.5 Å². The molecule has 5 aromatic carbocycles. The number of benzene rings is 5. The van der Waals surface area contributed by atoms with E-state index in [0.717, 1.165) is 61.2 Å². The van der Waals surface area contributed by atoms with Crippen LogP contribution in [-0.2, 0) is 20.1 Å². The summed E-state index contributed by atoms with van der Waals surface area (Å²) in [4.78, 5) is 9.78. The van der Waals surface area contributed by atoms with Gasteiger partial charge in [-0.1, -0.05) is 112 Å². The van der Waals surface area contributed by atoms with Crippen LogP contribution in [0.15, 0.2) is 108 Å². The van der Waals surface area contributed by atoms with E-state index in [1.807, 2.05) is 50.4 Å². The van der Waals surface area contributed by atoms with E-state index < -0.39 is 14.0 Å². The van der Waals surface area contributed by atoms with E-state index in [1.165, 1.54) is 21.5 Å². The summed E-state index contributed by atoms with van der Waals surface area (Å²) in [6, 6.07) is 40.3. The molecule has 1 radical (unpaired) electrons. The van der Waals surface area contributed by atoms with Gasteiger partial charge in [-0.2, -0.15) is 0 Å². The second kappa shape index (κ2) is 14.9. The van der Waals surface area contributed by atoms with Crippen molar-refractivity contribution >= 4 is 57.0 Å². The first-order chi connectivity index (χ1) is 24.7. The molecule has 4 nitrogen and oxygen atoms in total. The molecule has 6 heteroatoms. The summed E-state index contributed by atoms with van der Waals surface area (Å²) >= 11 is 0. The van der Waals surface area contributed by atoms with Crippen LogP contribution in [0, 0.1) is 12.1 Å².